The second-order valence-corrected chi connectivity index (χ2v) is 18.1. The molecule has 0 aliphatic carbocycles. The average molecular weight is 717 g/mol. The van der Waals surface area contributed by atoms with Gasteiger partial charge < -0.3 is 29.8 Å². The van der Waals surface area contributed by atoms with Gasteiger partial charge in [-0.3, -0.25) is 0 Å². The molecule has 0 N–H and O–H groups in total. The maximum atomic E-state index is 12.9. The summed E-state index contributed by atoms with van der Waals surface area (Å²) in [5.74, 6) is 0.421. The van der Waals surface area contributed by atoms with Gasteiger partial charge in [-0.25, -0.2) is 0 Å². The van der Waals surface area contributed by atoms with Crippen LogP contribution in [0.15, 0.2) is 24.3 Å². The zero-order chi connectivity index (χ0) is 36.0. The minimum Gasteiger partial charge on any atom is -0.872 e. The predicted molar refractivity (Wildman–Crippen MR) is 196 cm³/mol. The second kappa shape index (κ2) is 21.1. The van der Waals surface area contributed by atoms with E-state index in [1.165, 1.54) is 11.1 Å². The van der Waals surface area contributed by atoms with Gasteiger partial charge in [0.25, 0.3) is 0 Å². The normalized spacial score (nSPS) is 12.6. The molecule has 0 heterocycles. The average Bonchev–Trinajstić information content (AvgIpc) is 2.86. The number of benzene rings is 2. The Bertz CT molecular complexity index is 1150. The van der Waals surface area contributed by atoms with Crippen molar-refractivity contribution in [3.63, 3.8) is 0 Å². The third-order valence-corrected chi connectivity index (χ3v) is 8.42. The number of likely N-dealkylation sites (N-methyl/N-ethyl adjacent to an activating group) is 4. The first kappa shape index (κ1) is 51.3. The fourth-order valence-corrected chi connectivity index (χ4v) is 5.07. The van der Waals surface area contributed by atoms with Crippen LogP contribution in [-0.2, 0) is 34.7 Å². The van der Waals surface area contributed by atoms with Crippen molar-refractivity contribution >= 4 is 0 Å². The van der Waals surface area contributed by atoms with Crippen molar-refractivity contribution < 1.29 is 113 Å². The Balaban J connectivity index is 0. The van der Waals surface area contributed by atoms with Crippen molar-refractivity contribution in [2.45, 2.75) is 118 Å². The molecule has 0 atom stereocenters. The first-order chi connectivity index (χ1) is 20.6. The Kier molecular flexibility index (Phi) is 22.6. The third-order valence-electron chi connectivity index (χ3n) is 8.42. The van der Waals surface area contributed by atoms with E-state index in [2.05, 4.69) is 169 Å². The van der Waals surface area contributed by atoms with Crippen LogP contribution in [0, 0.1) is 0 Å². The molecule has 0 unspecified atom stereocenters. The van der Waals surface area contributed by atoms with E-state index in [0.717, 1.165) is 48.4 Å². The summed E-state index contributed by atoms with van der Waals surface area (Å²) in [4.78, 5) is 8.80. The summed E-state index contributed by atoms with van der Waals surface area (Å²) in [6.07, 6.45) is 0. The standard InChI is InChI=1S/2C20H36N2O.2K/c2*1-19(2,3)16-12-15(14-22(9)11-10-21(7)8)18(23)17(13-16)20(4,5)6;;/h2*12-13,23H,10-11,14H2,1-9H3;;/q;;2*+1/p-2. The van der Waals surface area contributed by atoms with Crippen LogP contribution in [0.1, 0.15) is 116 Å². The smallest absolute Gasteiger partial charge is 0.872 e. The topological polar surface area (TPSA) is 59.1 Å². The molecule has 0 aromatic heterocycles. The molecule has 0 radical (unpaired) electrons. The molecule has 48 heavy (non-hydrogen) atoms. The summed E-state index contributed by atoms with van der Waals surface area (Å²) >= 11 is 0. The minimum absolute atomic E-state index is 0. The SMILES string of the molecule is CN(C)CCN(C)Cc1cc(C(C)(C)C)cc(C(C)(C)C)c1[O-].CN(C)CCN(C)Cc1cc(C(C)(C)C)cc(C(C)(C)C)c1[O-].[K+].[K+]. The number of rotatable bonds is 10. The number of hydrogen-bond acceptors (Lipinski definition) is 6. The molecule has 6 nitrogen and oxygen atoms in total. The molecular formula is C40H70K2N4O2. The molecule has 2 rings (SSSR count). The van der Waals surface area contributed by atoms with E-state index >= 15 is 0 Å². The molecule has 8 heteroatoms. The summed E-state index contributed by atoms with van der Waals surface area (Å²) in [6, 6.07) is 8.46. The van der Waals surface area contributed by atoms with Crippen LogP contribution >= 0.6 is 0 Å². The Morgan fingerprint density at radius 2 is 0.708 bits per heavy atom. The van der Waals surface area contributed by atoms with Gasteiger partial charge >= 0.3 is 103 Å². The minimum atomic E-state index is -0.130. The number of nitrogens with zero attached hydrogens (tertiary/aromatic N) is 4. The van der Waals surface area contributed by atoms with Crippen molar-refractivity contribution in [3.05, 3.63) is 57.6 Å². The Labute approximate surface area is 382 Å². The molecule has 0 fully saturated rings. The summed E-state index contributed by atoms with van der Waals surface area (Å²) in [6.45, 7) is 31.3. The number of hydrogen-bond donors (Lipinski definition) is 0. The zero-order valence-corrected chi connectivity index (χ0v) is 41.4. The van der Waals surface area contributed by atoms with E-state index in [1.807, 2.05) is 0 Å². The van der Waals surface area contributed by atoms with E-state index in [9.17, 15) is 10.2 Å². The van der Waals surface area contributed by atoms with E-state index in [1.54, 1.807) is 0 Å². The quantitative estimate of drug-likeness (QED) is 0.338. The molecule has 0 spiro atoms. The maximum Gasteiger partial charge on any atom is 1.00 e. The molecular weight excluding hydrogens is 647 g/mol. The van der Waals surface area contributed by atoms with Crippen LogP contribution in [0.2, 0.25) is 0 Å². The molecule has 264 valence electrons. The maximum absolute atomic E-state index is 12.9. The van der Waals surface area contributed by atoms with Gasteiger partial charge in [-0.05, 0) is 97.3 Å². The van der Waals surface area contributed by atoms with Crippen LogP contribution in [0.3, 0.4) is 0 Å². The van der Waals surface area contributed by atoms with Gasteiger partial charge in [0.15, 0.2) is 0 Å². The molecule has 2 aromatic rings. The summed E-state index contributed by atoms with van der Waals surface area (Å²) < 4.78 is 0. The van der Waals surface area contributed by atoms with Gasteiger partial charge in [0.05, 0.1) is 0 Å². The van der Waals surface area contributed by atoms with E-state index in [-0.39, 0.29) is 136 Å². The predicted octanol–water partition coefficient (Wildman–Crippen LogP) is 0.705. The van der Waals surface area contributed by atoms with Crippen LogP contribution in [0.5, 0.6) is 11.5 Å². The summed E-state index contributed by atoms with van der Waals surface area (Å²) in [7, 11) is 12.5. The van der Waals surface area contributed by atoms with Gasteiger partial charge in [0.2, 0.25) is 0 Å². The van der Waals surface area contributed by atoms with E-state index < -0.39 is 0 Å². The Hall–Kier alpha value is 1.15. The van der Waals surface area contributed by atoms with Gasteiger partial charge in [0.1, 0.15) is 0 Å². The Morgan fingerprint density at radius 1 is 0.438 bits per heavy atom. The van der Waals surface area contributed by atoms with E-state index in [4.69, 9.17) is 0 Å². The van der Waals surface area contributed by atoms with E-state index in [0.29, 0.717) is 13.1 Å². The molecule has 0 saturated carbocycles. The van der Waals surface area contributed by atoms with Crippen LogP contribution in [-0.4, -0.2) is 88.1 Å². The van der Waals surface area contributed by atoms with Gasteiger partial charge in [0, 0.05) is 39.3 Å². The fraction of sp³-hybridized carbons (Fsp3) is 0.700. The molecule has 0 saturated heterocycles. The third kappa shape index (κ3) is 17.8. The van der Waals surface area contributed by atoms with Crippen molar-refractivity contribution in [2.24, 2.45) is 0 Å². The summed E-state index contributed by atoms with van der Waals surface area (Å²) in [5, 5.41) is 25.9. The largest absolute Gasteiger partial charge is 1.00 e. The van der Waals surface area contributed by atoms with Crippen LogP contribution < -0.4 is 113 Å². The molecule has 0 bridgehead atoms. The summed E-state index contributed by atoms with van der Waals surface area (Å²) in [5.41, 5.74) is 6.03. The van der Waals surface area contributed by atoms with Crippen molar-refractivity contribution in [1.82, 2.24) is 19.6 Å². The monoisotopic (exact) mass is 716 g/mol. The van der Waals surface area contributed by atoms with Gasteiger partial charge in [-0.2, -0.15) is 0 Å². The van der Waals surface area contributed by atoms with Crippen molar-refractivity contribution in [1.29, 1.82) is 0 Å². The van der Waals surface area contributed by atoms with Crippen molar-refractivity contribution in [2.75, 3.05) is 68.5 Å². The fourth-order valence-electron chi connectivity index (χ4n) is 5.07. The zero-order valence-electron chi connectivity index (χ0n) is 35.2. The molecule has 2 aromatic carbocycles. The molecule has 0 amide bonds. The molecule has 0 aliphatic rings. The first-order valence-corrected chi connectivity index (χ1v) is 17.0. The molecule has 0 aliphatic heterocycles. The first-order valence-electron chi connectivity index (χ1n) is 17.0. The van der Waals surface area contributed by atoms with Crippen LogP contribution in [0.4, 0.5) is 0 Å². The van der Waals surface area contributed by atoms with Crippen LogP contribution in [0.25, 0.3) is 0 Å². The van der Waals surface area contributed by atoms with Gasteiger partial charge in [-0.15, -0.1) is 11.5 Å². The van der Waals surface area contributed by atoms with Crippen molar-refractivity contribution in [3.8, 4) is 11.5 Å². The Morgan fingerprint density at radius 3 is 0.917 bits per heavy atom. The second-order valence-electron chi connectivity index (χ2n) is 18.1. The van der Waals surface area contributed by atoms with Gasteiger partial charge in [-0.1, -0.05) is 107 Å².